The Balaban J connectivity index is 3.91. The zero-order valence-electron chi connectivity index (χ0n) is 9.19. The van der Waals surface area contributed by atoms with Gasteiger partial charge in [-0.05, 0) is 0 Å². The fourth-order valence-electron chi connectivity index (χ4n) is 0.951. The molecule has 0 aromatic heterocycles. The number of nitrogens with one attached hydrogen (secondary N) is 2. The standard InChI is InChI=1S/C9H17N3O3S/c1-3-5-8(10)9(13)11-6-7-16(14,15)12-4-2/h1,8,12H,4-7,10H2,2H3,(H,11,13). The van der Waals surface area contributed by atoms with E-state index in [4.69, 9.17) is 12.2 Å². The minimum atomic E-state index is -3.31. The topological polar surface area (TPSA) is 101 Å². The summed E-state index contributed by atoms with van der Waals surface area (Å²) in [5.74, 6) is 1.65. The molecule has 1 amide bonds. The molecule has 0 aromatic carbocycles. The van der Waals surface area contributed by atoms with E-state index in [-0.39, 0.29) is 18.7 Å². The molecule has 0 aromatic rings. The highest BCUT2D eigenvalue weighted by atomic mass is 32.2. The van der Waals surface area contributed by atoms with Crippen molar-refractivity contribution in [2.75, 3.05) is 18.8 Å². The first-order chi connectivity index (χ1) is 7.43. The van der Waals surface area contributed by atoms with Crippen LogP contribution < -0.4 is 15.8 Å². The van der Waals surface area contributed by atoms with Crippen LogP contribution in [0.3, 0.4) is 0 Å². The van der Waals surface area contributed by atoms with E-state index >= 15 is 0 Å². The van der Waals surface area contributed by atoms with Gasteiger partial charge < -0.3 is 11.1 Å². The lowest BCUT2D eigenvalue weighted by Crippen LogP contribution is -2.43. The van der Waals surface area contributed by atoms with E-state index in [0.29, 0.717) is 6.54 Å². The van der Waals surface area contributed by atoms with Crippen molar-refractivity contribution in [3.63, 3.8) is 0 Å². The van der Waals surface area contributed by atoms with Crippen molar-refractivity contribution in [3.8, 4) is 12.3 Å². The Morgan fingerprint density at radius 2 is 2.19 bits per heavy atom. The predicted octanol–water partition coefficient (Wildman–Crippen LogP) is -1.61. The highest BCUT2D eigenvalue weighted by Crippen LogP contribution is 1.86. The zero-order valence-corrected chi connectivity index (χ0v) is 10.0. The van der Waals surface area contributed by atoms with Crippen LogP contribution in [-0.4, -0.2) is 39.2 Å². The first kappa shape index (κ1) is 14.9. The second kappa shape index (κ2) is 7.22. The smallest absolute Gasteiger partial charge is 0.237 e. The molecule has 0 aliphatic rings. The fraction of sp³-hybridized carbons (Fsp3) is 0.667. The minimum Gasteiger partial charge on any atom is -0.354 e. The summed E-state index contributed by atoms with van der Waals surface area (Å²) < 4.78 is 24.7. The van der Waals surface area contributed by atoms with Crippen molar-refractivity contribution in [2.24, 2.45) is 5.73 Å². The molecular formula is C9H17N3O3S. The largest absolute Gasteiger partial charge is 0.354 e. The summed E-state index contributed by atoms with van der Waals surface area (Å²) in [6, 6.07) is -0.785. The summed E-state index contributed by atoms with van der Waals surface area (Å²) in [5.41, 5.74) is 5.42. The molecule has 7 heteroatoms. The van der Waals surface area contributed by atoms with Crippen molar-refractivity contribution < 1.29 is 13.2 Å². The summed E-state index contributed by atoms with van der Waals surface area (Å²) >= 11 is 0. The van der Waals surface area contributed by atoms with Gasteiger partial charge in [-0.1, -0.05) is 6.92 Å². The summed E-state index contributed by atoms with van der Waals surface area (Å²) in [7, 11) is -3.31. The molecular weight excluding hydrogens is 230 g/mol. The molecule has 0 spiro atoms. The van der Waals surface area contributed by atoms with E-state index in [1.807, 2.05) is 0 Å². The molecule has 4 N–H and O–H groups in total. The molecule has 0 radical (unpaired) electrons. The molecule has 6 nitrogen and oxygen atoms in total. The normalized spacial score (nSPS) is 12.8. The maximum absolute atomic E-state index is 11.2. The summed E-state index contributed by atoms with van der Waals surface area (Å²) in [4.78, 5) is 11.2. The number of carbonyl (C=O) groups is 1. The van der Waals surface area contributed by atoms with E-state index in [9.17, 15) is 13.2 Å². The Kier molecular flexibility index (Phi) is 6.72. The lowest BCUT2D eigenvalue weighted by atomic mass is 10.2. The number of terminal acetylenes is 1. The van der Waals surface area contributed by atoms with Crippen LogP contribution in [-0.2, 0) is 14.8 Å². The van der Waals surface area contributed by atoms with E-state index < -0.39 is 22.0 Å². The highest BCUT2D eigenvalue weighted by molar-refractivity contribution is 7.89. The quantitative estimate of drug-likeness (QED) is 0.471. The first-order valence-electron chi connectivity index (χ1n) is 4.87. The number of hydrogen-bond acceptors (Lipinski definition) is 4. The molecule has 0 rings (SSSR count). The third kappa shape index (κ3) is 6.40. The second-order valence-corrected chi connectivity index (χ2v) is 5.05. The first-order valence-corrected chi connectivity index (χ1v) is 6.52. The van der Waals surface area contributed by atoms with Crippen LogP contribution in [0.15, 0.2) is 0 Å². The highest BCUT2D eigenvalue weighted by Gasteiger charge is 2.13. The van der Waals surface area contributed by atoms with Gasteiger partial charge in [-0.15, -0.1) is 12.3 Å². The van der Waals surface area contributed by atoms with Crippen LogP contribution in [0.5, 0.6) is 0 Å². The molecule has 0 saturated heterocycles. The predicted molar refractivity (Wildman–Crippen MR) is 61.9 cm³/mol. The van der Waals surface area contributed by atoms with Gasteiger partial charge in [0.15, 0.2) is 0 Å². The zero-order chi connectivity index (χ0) is 12.6. The monoisotopic (exact) mass is 247 g/mol. The van der Waals surface area contributed by atoms with Gasteiger partial charge in [-0.3, -0.25) is 4.79 Å². The van der Waals surface area contributed by atoms with Gasteiger partial charge in [0.2, 0.25) is 15.9 Å². The number of amides is 1. The van der Waals surface area contributed by atoms with Crippen molar-refractivity contribution >= 4 is 15.9 Å². The molecule has 1 atom stereocenters. The average molecular weight is 247 g/mol. The van der Waals surface area contributed by atoms with Crippen molar-refractivity contribution in [3.05, 3.63) is 0 Å². The Labute approximate surface area is 96.0 Å². The minimum absolute atomic E-state index is 0.0203. The van der Waals surface area contributed by atoms with Crippen LogP contribution in [0.4, 0.5) is 0 Å². The van der Waals surface area contributed by atoms with E-state index in [2.05, 4.69) is 16.0 Å². The van der Waals surface area contributed by atoms with E-state index in [0.717, 1.165) is 0 Å². The molecule has 0 fully saturated rings. The maximum atomic E-state index is 11.2. The van der Waals surface area contributed by atoms with Crippen LogP contribution in [0.25, 0.3) is 0 Å². The van der Waals surface area contributed by atoms with Gasteiger partial charge in [-0.25, -0.2) is 13.1 Å². The second-order valence-electron chi connectivity index (χ2n) is 3.12. The molecule has 0 aliphatic carbocycles. The molecule has 0 aliphatic heterocycles. The number of sulfonamides is 1. The van der Waals surface area contributed by atoms with Crippen LogP contribution in [0.2, 0.25) is 0 Å². The summed E-state index contributed by atoms with van der Waals surface area (Å²) in [6.07, 6.45) is 5.12. The molecule has 92 valence electrons. The van der Waals surface area contributed by atoms with Gasteiger partial charge >= 0.3 is 0 Å². The number of rotatable bonds is 7. The lowest BCUT2D eigenvalue weighted by molar-refractivity contribution is -0.122. The van der Waals surface area contributed by atoms with E-state index in [1.165, 1.54) is 0 Å². The number of hydrogen-bond donors (Lipinski definition) is 3. The number of nitrogens with two attached hydrogens (primary N) is 1. The van der Waals surface area contributed by atoms with Gasteiger partial charge in [0.25, 0.3) is 0 Å². The van der Waals surface area contributed by atoms with Crippen LogP contribution in [0.1, 0.15) is 13.3 Å². The van der Waals surface area contributed by atoms with Crippen molar-refractivity contribution in [2.45, 2.75) is 19.4 Å². The Morgan fingerprint density at radius 1 is 1.56 bits per heavy atom. The molecule has 0 saturated carbocycles. The van der Waals surface area contributed by atoms with Gasteiger partial charge in [0.1, 0.15) is 0 Å². The average Bonchev–Trinajstić information content (AvgIpc) is 2.17. The lowest BCUT2D eigenvalue weighted by Gasteiger charge is -2.09. The Morgan fingerprint density at radius 3 is 2.69 bits per heavy atom. The van der Waals surface area contributed by atoms with Gasteiger partial charge in [0.05, 0.1) is 11.8 Å². The molecule has 0 bridgehead atoms. The summed E-state index contributed by atoms with van der Waals surface area (Å²) in [5, 5.41) is 2.40. The maximum Gasteiger partial charge on any atom is 0.237 e. The third-order valence-corrected chi connectivity index (χ3v) is 3.18. The fourth-order valence-corrected chi connectivity index (χ4v) is 1.91. The van der Waals surface area contributed by atoms with E-state index in [1.54, 1.807) is 6.92 Å². The Bertz CT molecular complexity index is 359. The SMILES string of the molecule is C#CCC(N)C(=O)NCCS(=O)(=O)NCC. The molecule has 1 unspecified atom stereocenters. The molecule has 0 heterocycles. The summed E-state index contributed by atoms with van der Waals surface area (Å²) in [6.45, 7) is 2.03. The van der Waals surface area contributed by atoms with Crippen LogP contribution >= 0.6 is 0 Å². The van der Waals surface area contributed by atoms with Gasteiger partial charge in [-0.2, -0.15) is 0 Å². The van der Waals surface area contributed by atoms with Gasteiger partial charge in [0, 0.05) is 19.5 Å². The van der Waals surface area contributed by atoms with Crippen molar-refractivity contribution in [1.29, 1.82) is 0 Å². The number of carbonyl (C=O) groups excluding carboxylic acids is 1. The van der Waals surface area contributed by atoms with Crippen LogP contribution in [0, 0.1) is 12.3 Å². The molecule has 16 heavy (non-hydrogen) atoms. The Hall–Kier alpha value is -1.10. The van der Waals surface area contributed by atoms with Crippen molar-refractivity contribution in [1.82, 2.24) is 10.0 Å². The third-order valence-electron chi connectivity index (χ3n) is 1.71.